The van der Waals surface area contributed by atoms with Crippen LogP contribution in [0.5, 0.6) is 0 Å². The van der Waals surface area contributed by atoms with E-state index in [1.54, 1.807) is 11.0 Å². The molecule has 0 spiro atoms. The van der Waals surface area contributed by atoms with Gasteiger partial charge in [0.15, 0.2) is 0 Å². The van der Waals surface area contributed by atoms with Gasteiger partial charge in [-0.25, -0.2) is 0 Å². The van der Waals surface area contributed by atoms with Gasteiger partial charge in [0.2, 0.25) is 0 Å². The molecule has 1 aromatic heterocycles. The molecule has 1 aliphatic heterocycles. The maximum Gasteiger partial charge on any atom is 0.295 e. The molecule has 0 radical (unpaired) electrons. The number of piperazine rings is 1. The second kappa shape index (κ2) is 9.27. The first-order valence-electron chi connectivity index (χ1n) is 10.2. The molecule has 1 fully saturated rings. The number of alkyl halides is 1. The van der Waals surface area contributed by atoms with Crippen molar-refractivity contribution in [3.8, 4) is 11.3 Å². The highest BCUT2D eigenvalue weighted by Gasteiger charge is 2.31. The van der Waals surface area contributed by atoms with Crippen LogP contribution < -0.4 is 0 Å². The maximum atomic E-state index is 12.9. The Bertz CT molecular complexity index is 1090. The number of hydrogen-bond acceptors (Lipinski definition) is 3. The standard InChI is InChI=1S/C24H23Cl2N3O2/c1-16-19(15-21(27-16)17-7-3-2-4-8-17)22(30)24(31)29-13-11-28(12-14-29)23(26)18-9-5-6-10-20(18)25/h2-10,15,23,27H,11-14H2,1H3. The van der Waals surface area contributed by atoms with Crippen molar-refractivity contribution in [3.05, 3.63) is 82.5 Å². The number of Topliss-reactive ketones (excluding diaryl/α,β-unsaturated/α-hetero) is 1. The van der Waals surface area contributed by atoms with E-state index in [1.807, 2.05) is 61.5 Å². The minimum Gasteiger partial charge on any atom is -0.358 e. The summed E-state index contributed by atoms with van der Waals surface area (Å²) in [4.78, 5) is 32.7. The number of amides is 1. The zero-order valence-electron chi connectivity index (χ0n) is 17.1. The molecule has 1 atom stereocenters. The van der Waals surface area contributed by atoms with Crippen LogP contribution >= 0.6 is 23.2 Å². The van der Waals surface area contributed by atoms with Gasteiger partial charge in [-0.15, -0.1) is 11.6 Å². The summed E-state index contributed by atoms with van der Waals surface area (Å²) in [5.74, 6) is -0.969. The largest absolute Gasteiger partial charge is 0.358 e. The molecule has 4 rings (SSSR count). The van der Waals surface area contributed by atoms with Gasteiger partial charge in [-0.05, 0) is 24.6 Å². The Balaban J connectivity index is 1.42. The molecule has 0 bridgehead atoms. The van der Waals surface area contributed by atoms with Crippen molar-refractivity contribution in [2.45, 2.75) is 12.4 Å². The Morgan fingerprint density at radius 1 is 0.968 bits per heavy atom. The number of aryl methyl sites for hydroxylation is 1. The van der Waals surface area contributed by atoms with Crippen LogP contribution in [0.15, 0.2) is 60.7 Å². The molecule has 5 nitrogen and oxygen atoms in total. The van der Waals surface area contributed by atoms with Crippen LogP contribution in [0.2, 0.25) is 5.02 Å². The van der Waals surface area contributed by atoms with Crippen LogP contribution in [0.25, 0.3) is 11.3 Å². The van der Waals surface area contributed by atoms with E-state index < -0.39 is 11.7 Å². The van der Waals surface area contributed by atoms with Gasteiger partial charge in [-0.1, -0.05) is 60.1 Å². The molecule has 1 unspecified atom stereocenters. The van der Waals surface area contributed by atoms with Crippen molar-refractivity contribution >= 4 is 34.9 Å². The number of rotatable bonds is 5. The van der Waals surface area contributed by atoms with Crippen LogP contribution in [0.1, 0.15) is 27.1 Å². The fraction of sp³-hybridized carbons (Fsp3) is 0.250. The van der Waals surface area contributed by atoms with Crippen molar-refractivity contribution in [1.82, 2.24) is 14.8 Å². The number of nitrogens with one attached hydrogen (secondary N) is 1. The summed E-state index contributed by atoms with van der Waals surface area (Å²) in [5, 5.41) is 0.619. The first-order valence-corrected chi connectivity index (χ1v) is 11.0. The highest BCUT2D eigenvalue weighted by molar-refractivity contribution is 6.43. The van der Waals surface area contributed by atoms with Crippen LogP contribution in [-0.4, -0.2) is 52.7 Å². The highest BCUT2D eigenvalue weighted by atomic mass is 35.5. The summed E-state index contributed by atoms with van der Waals surface area (Å²) in [6.07, 6.45) is 0. The van der Waals surface area contributed by atoms with Gasteiger partial charge < -0.3 is 9.88 Å². The molecule has 2 heterocycles. The third-order valence-corrected chi connectivity index (χ3v) is 6.48. The smallest absolute Gasteiger partial charge is 0.295 e. The lowest BCUT2D eigenvalue weighted by Gasteiger charge is -2.37. The van der Waals surface area contributed by atoms with Gasteiger partial charge in [0.05, 0.1) is 0 Å². The average molecular weight is 456 g/mol. The topological polar surface area (TPSA) is 56.4 Å². The number of halogens is 2. The molecule has 160 valence electrons. The van der Waals surface area contributed by atoms with Gasteiger partial charge >= 0.3 is 0 Å². The second-order valence-electron chi connectivity index (χ2n) is 7.60. The molecule has 2 aromatic carbocycles. The van der Waals surface area contributed by atoms with Crippen LogP contribution in [0, 0.1) is 6.92 Å². The molecule has 3 aromatic rings. The van der Waals surface area contributed by atoms with E-state index in [9.17, 15) is 9.59 Å². The zero-order chi connectivity index (χ0) is 22.0. The molecular formula is C24H23Cl2N3O2. The number of carbonyl (C=O) groups excluding carboxylic acids is 2. The van der Waals surface area contributed by atoms with Crippen molar-refractivity contribution < 1.29 is 9.59 Å². The lowest BCUT2D eigenvalue weighted by Crippen LogP contribution is -2.50. The van der Waals surface area contributed by atoms with E-state index in [4.69, 9.17) is 23.2 Å². The molecular weight excluding hydrogens is 433 g/mol. The van der Waals surface area contributed by atoms with E-state index in [2.05, 4.69) is 9.88 Å². The van der Waals surface area contributed by atoms with Gasteiger partial charge in [-0.3, -0.25) is 14.5 Å². The first kappa shape index (κ1) is 21.6. The Hall–Kier alpha value is -2.60. The van der Waals surface area contributed by atoms with Gasteiger partial charge in [0.25, 0.3) is 11.7 Å². The number of carbonyl (C=O) groups is 2. The summed E-state index contributed by atoms with van der Waals surface area (Å²) in [7, 11) is 0. The minimum absolute atomic E-state index is 0.373. The van der Waals surface area contributed by atoms with Crippen LogP contribution in [0.4, 0.5) is 0 Å². The Morgan fingerprint density at radius 3 is 2.29 bits per heavy atom. The Kier molecular flexibility index (Phi) is 6.46. The van der Waals surface area contributed by atoms with Crippen LogP contribution in [-0.2, 0) is 4.79 Å². The van der Waals surface area contributed by atoms with E-state index in [0.717, 1.165) is 16.8 Å². The predicted octanol–water partition coefficient (Wildman–Crippen LogP) is 4.91. The summed E-state index contributed by atoms with van der Waals surface area (Å²) < 4.78 is 0. The number of nitrogens with zero attached hydrogens (tertiary/aromatic N) is 2. The third-order valence-electron chi connectivity index (χ3n) is 5.62. The molecule has 0 saturated carbocycles. The van der Waals surface area contributed by atoms with E-state index in [-0.39, 0.29) is 5.50 Å². The zero-order valence-corrected chi connectivity index (χ0v) is 18.7. The summed E-state index contributed by atoms with van der Waals surface area (Å²) in [5.41, 5.74) is 3.37. The lowest BCUT2D eigenvalue weighted by atomic mass is 10.1. The SMILES string of the molecule is Cc1[nH]c(-c2ccccc2)cc1C(=O)C(=O)N1CCN(C(Cl)c2ccccc2Cl)CC1. The van der Waals surface area contributed by atoms with Crippen molar-refractivity contribution in [3.63, 3.8) is 0 Å². The number of aromatic amines is 1. The average Bonchev–Trinajstić information content (AvgIpc) is 3.20. The summed E-state index contributed by atoms with van der Waals surface area (Å²) >= 11 is 12.9. The maximum absolute atomic E-state index is 12.9. The number of aromatic nitrogens is 1. The van der Waals surface area contributed by atoms with Crippen molar-refractivity contribution in [1.29, 1.82) is 0 Å². The molecule has 1 saturated heterocycles. The molecule has 1 amide bonds. The van der Waals surface area contributed by atoms with Crippen molar-refractivity contribution in [2.24, 2.45) is 0 Å². The molecule has 7 heteroatoms. The van der Waals surface area contributed by atoms with Crippen molar-refractivity contribution in [2.75, 3.05) is 26.2 Å². The molecule has 1 aliphatic rings. The summed E-state index contributed by atoms with van der Waals surface area (Å²) in [6, 6.07) is 19.0. The van der Waals surface area contributed by atoms with Gasteiger partial charge in [0, 0.05) is 53.7 Å². The number of hydrogen-bond donors (Lipinski definition) is 1. The normalized spacial score (nSPS) is 15.6. The van der Waals surface area contributed by atoms with Gasteiger partial charge in [-0.2, -0.15) is 0 Å². The second-order valence-corrected chi connectivity index (χ2v) is 8.42. The molecule has 31 heavy (non-hydrogen) atoms. The predicted molar refractivity (Wildman–Crippen MR) is 123 cm³/mol. The van der Waals surface area contributed by atoms with Crippen LogP contribution in [0.3, 0.4) is 0 Å². The Morgan fingerprint density at radius 2 is 1.61 bits per heavy atom. The fourth-order valence-corrected chi connectivity index (χ4v) is 4.52. The number of benzene rings is 2. The first-order chi connectivity index (χ1) is 15.0. The molecule has 1 N–H and O–H groups in total. The number of H-pyrrole nitrogens is 1. The highest BCUT2D eigenvalue weighted by Crippen LogP contribution is 2.31. The lowest BCUT2D eigenvalue weighted by molar-refractivity contribution is -0.128. The minimum atomic E-state index is -0.488. The summed E-state index contributed by atoms with van der Waals surface area (Å²) in [6.45, 7) is 3.83. The third kappa shape index (κ3) is 4.54. The quantitative estimate of drug-likeness (QED) is 0.257. The van der Waals surface area contributed by atoms with E-state index in [1.165, 1.54) is 0 Å². The van der Waals surface area contributed by atoms with Gasteiger partial charge in [0.1, 0.15) is 5.50 Å². The van der Waals surface area contributed by atoms with E-state index >= 15 is 0 Å². The monoisotopic (exact) mass is 455 g/mol. The number of ketones is 1. The fourth-order valence-electron chi connectivity index (χ4n) is 3.84. The van der Waals surface area contributed by atoms with E-state index in [0.29, 0.717) is 42.5 Å². The Labute approximate surface area is 191 Å². The molecule has 0 aliphatic carbocycles.